The molecule has 0 aliphatic rings. The fourth-order valence-electron chi connectivity index (χ4n) is 0.910. The third-order valence-corrected chi connectivity index (χ3v) is 1.60. The summed E-state index contributed by atoms with van der Waals surface area (Å²) >= 11 is 0. The second-order valence-corrected chi connectivity index (χ2v) is 2.58. The van der Waals surface area contributed by atoms with Crippen molar-refractivity contribution in [1.29, 1.82) is 0 Å². The number of nitrogens with zero attached hydrogens (tertiary/aromatic N) is 2. The molecule has 4 nitrogen and oxygen atoms in total. The van der Waals surface area contributed by atoms with Gasteiger partial charge in [-0.15, -0.1) is 0 Å². The second kappa shape index (κ2) is 4.08. The van der Waals surface area contributed by atoms with Crippen molar-refractivity contribution in [2.45, 2.75) is 19.8 Å². The van der Waals surface area contributed by atoms with Crippen LogP contribution in [-0.4, -0.2) is 28.3 Å². The Labute approximate surface area is 66.4 Å². The van der Waals surface area contributed by atoms with E-state index >= 15 is 0 Å². The van der Waals surface area contributed by atoms with E-state index in [0.717, 1.165) is 18.9 Å². The molecule has 62 valence electrons. The summed E-state index contributed by atoms with van der Waals surface area (Å²) in [6.07, 6.45) is 1.54. The van der Waals surface area contributed by atoms with Gasteiger partial charge in [-0.25, -0.2) is 4.98 Å². The number of hydrogen-bond acceptors (Lipinski definition) is 3. The maximum Gasteiger partial charge on any atom is 0.137 e. The summed E-state index contributed by atoms with van der Waals surface area (Å²) in [5.41, 5.74) is 0. The van der Waals surface area contributed by atoms with Gasteiger partial charge in [-0.2, -0.15) is 5.10 Å². The van der Waals surface area contributed by atoms with E-state index in [1.54, 1.807) is 0 Å². The van der Waals surface area contributed by atoms with Gasteiger partial charge in [-0.05, 0) is 6.54 Å². The van der Waals surface area contributed by atoms with Gasteiger partial charge in [-0.3, -0.25) is 5.10 Å². The van der Waals surface area contributed by atoms with Crippen molar-refractivity contribution in [3.05, 3.63) is 12.2 Å². The highest BCUT2D eigenvalue weighted by atomic mass is 15.2. The molecule has 0 aromatic carbocycles. The Bertz CT molecular complexity index is 182. The van der Waals surface area contributed by atoms with Crippen LogP contribution in [0, 0.1) is 0 Å². The molecule has 4 heteroatoms. The highest BCUT2D eigenvalue weighted by Gasteiger charge is 2.05. The standard InChI is InChI=1S/C7H14N4/c1-3-8-4-6(2)7-9-5-10-11-7/h5-6,8H,3-4H2,1-2H3,(H,9,10,11). The first-order valence-electron chi connectivity index (χ1n) is 3.90. The van der Waals surface area contributed by atoms with Crippen LogP contribution in [0.2, 0.25) is 0 Å². The molecule has 0 saturated heterocycles. The predicted octanol–water partition coefficient (Wildman–Crippen LogP) is 0.518. The lowest BCUT2D eigenvalue weighted by atomic mass is 10.2. The van der Waals surface area contributed by atoms with Crippen molar-refractivity contribution in [3.63, 3.8) is 0 Å². The highest BCUT2D eigenvalue weighted by molar-refractivity contribution is 4.90. The van der Waals surface area contributed by atoms with Crippen molar-refractivity contribution in [2.75, 3.05) is 13.1 Å². The number of nitrogens with one attached hydrogen (secondary N) is 2. The Morgan fingerprint density at radius 1 is 1.73 bits per heavy atom. The molecule has 2 N–H and O–H groups in total. The molecule has 11 heavy (non-hydrogen) atoms. The van der Waals surface area contributed by atoms with Crippen molar-refractivity contribution < 1.29 is 0 Å². The van der Waals surface area contributed by atoms with E-state index in [1.165, 1.54) is 6.33 Å². The van der Waals surface area contributed by atoms with E-state index < -0.39 is 0 Å². The maximum absolute atomic E-state index is 4.06. The van der Waals surface area contributed by atoms with Crippen LogP contribution in [0.3, 0.4) is 0 Å². The molecule has 1 unspecified atom stereocenters. The van der Waals surface area contributed by atoms with Crippen LogP contribution >= 0.6 is 0 Å². The van der Waals surface area contributed by atoms with Gasteiger partial charge >= 0.3 is 0 Å². The fraction of sp³-hybridized carbons (Fsp3) is 0.714. The summed E-state index contributed by atoms with van der Waals surface area (Å²) in [5, 5.41) is 9.88. The Hall–Kier alpha value is -0.900. The van der Waals surface area contributed by atoms with Gasteiger partial charge < -0.3 is 5.32 Å². The topological polar surface area (TPSA) is 53.6 Å². The Balaban J connectivity index is 2.36. The van der Waals surface area contributed by atoms with Gasteiger partial charge in [0, 0.05) is 12.5 Å². The molecule has 0 bridgehead atoms. The van der Waals surface area contributed by atoms with E-state index in [2.05, 4.69) is 34.3 Å². The van der Waals surface area contributed by atoms with Crippen molar-refractivity contribution in [1.82, 2.24) is 20.5 Å². The van der Waals surface area contributed by atoms with Gasteiger partial charge in [0.05, 0.1) is 0 Å². The molecular formula is C7H14N4. The van der Waals surface area contributed by atoms with Gasteiger partial charge in [0.25, 0.3) is 0 Å². The van der Waals surface area contributed by atoms with Crippen LogP contribution in [0.1, 0.15) is 25.6 Å². The minimum atomic E-state index is 0.414. The van der Waals surface area contributed by atoms with Crippen LogP contribution in [0.5, 0.6) is 0 Å². The highest BCUT2D eigenvalue weighted by Crippen LogP contribution is 2.05. The lowest BCUT2D eigenvalue weighted by Gasteiger charge is -2.06. The molecule has 0 fully saturated rings. The van der Waals surface area contributed by atoms with Gasteiger partial charge in [0.1, 0.15) is 12.2 Å². The van der Waals surface area contributed by atoms with Gasteiger partial charge in [-0.1, -0.05) is 13.8 Å². The number of aromatic amines is 1. The zero-order valence-electron chi connectivity index (χ0n) is 6.96. The molecule has 0 aliphatic heterocycles. The predicted molar refractivity (Wildman–Crippen MR) is 43.3 cm³/mol. The molecule has 0 radical (unpaired) electrons. The van der Waals surface area contributed by atoms with Crippen molar-refractivity contribution in [3.8, 4) is 0 Å². The Kier molecular flexibility index (Phi) is 3.04. The molecule has 1 rings (SSSR count). The first kappa shape index (κ1) is 8.20. The van der Waals surface area contributed by atoms with Gasteiger partial charge in [0.2, 0.25) is 0 Å². The number of rotatable bonds is 4. The third-order valence-electron chi connectivity index (χ3n) is 1.60. The van der Waals surface area contributed by atoms with E-state index in [4.69, 9.17) is 0 Å². The Morgan fingerprint density at radius 3 is 3.09 bits per heavy atom. The third kappa shape index (κ3) is 2.31. The van der Waals surface area contributed by atoms with Crippen LogP contribution in [0.15, 0.2) is 6.33 Å². The molecule has 1 aromatic heterocycles. The zero-order valence-corrected chi connectivity index (χ0v) is 6.96. The van der Waals surface area contributed by atoms with Crippen LogP contribution in [-0.2, 0) is 0 Å². The second-order valence-electron chi connectivity index (χ2n) is 2.58. The molecule has 0 saturated carbocycles. The van der Waals surface area contributed by atoms with Crippen LogP contribution < -0.4 is 5.32 Å². The summed E-state index contributed by atoms with van der Waals surface area (Å²) in [5.74, 6) is 1.36. The van der Waals surface area contributed by atoms with E-state index in [-0.39, 0.29) is 0 Å². The number of H-pyrrole nitrogens is 1. The number of likely N-dealkylation sites (N-methyl/N-ethyl adjacent to an activating group) is 1. The number of aromatic nitrogens is 3. The van der Waals surface area contributed by atoms with E-state index in [9.17, 15) is 0 Å². The lowest BCUT2D eigenvalue weighted by Crippen LogP contribution is -2.20. The summed E-state index contributed by atoms with van der Waals surface area (Å²) < 4.78 is 0. The first-order valence-corrected chi connectivity index (χ1v) is 3.90. The monoisotopic (exact) mass is 154 g/mol. The summed E-state index contributed by atoms with van der Waals surface area (Å²) in [7, 11) is 0. The summed E-state index contributed by atoms with van der Waals surface area (Å²) in [6.45, 7) is 6.15. The molecule has 0 spiro atoms. The van der Waals surface area contributed by atoms with E-state index in [0.29, 0.717) is 5.92 Å². The molecular weight excluding hydrogens is 140 g/mol. The summed E-state index contributed by atoms with van der Waals surface area (Å²) in [6, 6.07) is 0. The van der Waals surface area contributed by atoms with Gasteiger partial charge in [0.15, 0.2) is 0 Å². The summed E-state index contributed by atoms with van der Waals surface area (Å²) in [4.78, 5) is 4.06. The average molecular weight is 154 g/mol. The van der Waals surface area contributed by atoms with Crippen LogP contribution in [0.4, 0.5) is 0 Å². The Morgan fingerprint density at radius 2 is 2.55 bits per heavy atom. The normalized spacial score (nSPS) is 13.3. The van der Waals surface area contributed by atoms with E-state index in [1.807, 2.05) is 0 Å². The molecule has 0 aliphatic carbocycles. The minimum Gasteiger partial charge on any atom is -0.316 e. The molecule has 1 aromatic rings. The largest absolute Gasteiger partial charge is 0.316 e. The quantitative estimate of drug-likeness (QED) is 0.664. The fourth-order valence-corrected chi connectivity index (χ4v) is 0.910. The average Bonchev–Trinajstić information content (AvgIpc) is 2.52. The van der Waals surface area contributed by atoms with Crippen molar-refractivity contribution in [2.24, 2.45) is 0 Å². The molecule has 0 amide bonds. The maximum atomic E-state index is 4.06. The zero-order chi connectivity index (χ0) is 8.10. The smallest absolute Gasteiger partial charge is 0.137 e. The molecule has 1 atom stereocenters. The first-order chi connectivity index (χ1) is 5.34. The number of hydrogen-bond donors (Lipinski definition) is 2. The minimum absolute atomic E-state index is 0.414. The SMILES string of the molecule is CCNCC(C)c1ncn[nH]1. The van der Waals surface area contributed by atoms with Crippen molar-refractivity contribution >= 4 is 0 Å². The molecule has 1 heterocycles. The lowest BCUT2D eigenvalue weighted by molar-refractivity contribution is 0.610. The van der Waals surface area contributed by atoms with Crippen LogP contribution in [0.25, 0.3) is 0 Å².